The van der Waals surface area contributed by atoms with Gasteiger partial charge < -0.3 is 24.6 Å². The van der Waals surface area contributed by atoms with Crippen LogP contribution in [-0.2, 0) is 47.0 Å². The molecule has 3 heterocycles. The van der Waals surface area contributed by atoms with Crippen LogP contribution in [0.2, 0.25) is 0 Å². The predicted molar refractivity (Wildman–Crippen MR) is 186 cm³/mol. The molecule has 0 radical (unpaired) electrons. The first-order valence-corrected chi connectivity index (χ1v) is 16.8. The zero-order valence-electron chi connectivity index (χ0n) is 29.8. The Bertz CT molecular complexity index is 1970. The van der Waals surface area contributed by atoms with Crippen LogP contribution in [0.15, 0.2) is 36.5 Å². The molecule has 4 aromatic rings. The average Bonchev–Trinajstić information content (AvgIpc) is 3.64. The number of aryl methyl sites for hydroxylation is 1. The van der Waals surface area contributed by atoms with Crippen LogP contribution in [0.5, 0.6) is 0 Å². The third-order valence-electron chi connectivity index (χ3n) is 8.88. The van der Waals surface area contributed by atoms with E-state index in [0.717, 1.165) is 5.52 Å². The van der Waals surface area contributed by atoms with Gasteiger partial charge in [0.15, 0.2) is 0 Å². The molecule has 272 valence electrons. The number of piperidine rings is 1. The number of benzene rings is 2. The Morgan fingerprint density at radius 2 is 1.75 bits per heavy atom. The largest absolute Gasteiger partial charge is 0.468 e. The topological polar surface area (TPSA) is 158 Å². The molecule has 2 aromatic heterocycles. The van der Waals surface area contributed by atoms with E-state index in [2.05, 4.69) is 15.2 Å². The summed E-state index contributed by atoms with van der Waals surface area (Å²) in [7, 11) is 4.47. The number of hydrogen-bond acceptors (Lipinski definition) is 9. The van der Waals surface area contributed by atoms with Gasteiger partial charge >= 0.3 is 11.9 Å². The third-order valence-corrected chi connectivity index (χ3v) is 8.88. The molecule has 0 atom stereocenters. The molecule has 1 aliphatic heterocycles. The molecule has 15 heteroatoms. The minimum absolute atomic E-state index is 0.00355. The Morgan fingerprint density at radius 3 is 2.43 bits per heavy atom. The third kappa shape index (κ3) is 8.70. The van der Waals surface area contributed by atoms with Gasteiger partial charge in [-0.2, -0.15) is 10.2 Å². The van der Waals surface area contributed by atoms with Crippen LogP contribution >= 0.6 is 0 Å². The molecule has 2 aromatic carbocycles. The zero-order chi connectivity index (χ0) is 37.0. The van der Waals surface area contributed by atoms with E-state index in [1.54, 1.807) is 60.4 Å². The highest BCUT2D eigenvalue weighted by molar-refractivity contribution is 6.00. The number of halogens is 1. The number of hydrogen-bond donors (Lipinski definition) is 1. The van der Waals surface area contributed by atoms with E-state index < -0.39 is 35.2 Å². The first-order chi connectivity index (χ1) is 24.1. The Morgan fingerprint density at radius 1 is 1.02 bits per heavy atom. The molecule has 3 amide bonds. The number of amides is 3. The van der Waals surface area contributed by atoms with Gasteiger partial charge in [0.05, 0.1) is 43.0 Å². The predicted octanol–water partition coefficient (Wildman–Crippen LogP) is 3.30. The zero-order valence-corrected chi connectivity index (χ0v) is 29.8. The number of carbonyl (C=O) groups excluding carboxylic acids is 5. The van der Waals surface area contributed by atoms with Crippen molar-refractivity contribution in [3.8, 4) is 11.1 Å². The number of nitrogens with one attached hydrogen (secondary N) is 1. The van der Waals surface area contributed by atoms with Gasteiger partial charge in [0.1, 0.15) is 24.5 Å². The Balaban J connectivity index is 1.42. The van der Waals surface area contributed by atoms with Crippen molar-refractivity contribution in [2.24, 2.45) is 7.05 Å². The van der Waals surface area contributed by atoms with Crippen molar-refractivity contribution in [2.75, 3.05) is 40.3 Å². The summed E-state index contributed by atoms with van der Waals surface area (Å²) in [6.07, 6.45) is 2.78. The first kappa shape index (κ1) is 36.9. The molecule has 0 unspecified atom stereocenters. The van der Waals surface area contributed by atoms with E-state index in [1.807, 2.05) is 12.1 Å². The molecular formula is C36H44FN7O7. The number of esters is 2. The normalized spacial score (nSPS) is 13.7. The summed E-state index contributed by atoms with van der Waals surface area (Å²) >= 11 is 0. The van der Waals surface area contributed by atoms with Crippen molar-refractivity contribution in [2.45, 2.75) is 64.5 Å². The maximum atomic E-state index is 15.8. The van der Waals surface area contributed by atoms with Gasteiger partial charge in [-0.3, -0.25) is 33.3 Å². The lowest BCUT2D eigenvalue weighted by atomic mass is 9.88. The summed E-state index contributed by atoms with van der Waals surface area (Å²) in [5.41, 5.74) is 2.37. The van der Waals surface area contributed by atoms with Gasteiger partial charge in [0.2, 0.25) is 17.7 Å². The lowest BCUT2D eigenvalue weighted by Gasteiger charge is -2.31. The molecule has 1 saturated heterocycles. The number of carbonyl (C=O) groups is 5. The van der Waals surface area contributed by atoms with E-state index in [-0.39, 0.29) is 44.3 Å². The van der Waals surface area contributed by atoms with Crippen molar-refractivity contribution < 1.29 is 37.8 Å². The summed E-state index contributed by atoms with van der Waals surface area (Å²) in [6, 6.07) is 8.64. The van der Waals surface area contributed by atoms with Crippen molar-refractivity contribution in [3.63, 3.8) is 0 Å². The summed E-state index contributed by atoms with van der Waals surface area (Å²) in [5.74, 6) is -2.65. The number of rotatable bonds is 11. The highest BCUT2D eigenvalue weighted by Crippen LogP contribution is 2.40. The molecule has 0 aliphatic carbocycles. The number of likely N-dealkylation sites (N-methyl/N-ethyl adjacent to an activating group) is 1. The molecule has 1 aliphatic rings. The maximum absolute atomic E-state index is 15.8. The van der Waals surface area contributed by atoms with Gasteiger partial charge in [0, 0.05) is 55.9 Å². The van der Waals surface area contributed by atoms with E-state index in [4.69, 9.17) is 9.84 Å². The molecular weight excluding hydrogens is 661 g/mol. The average molecular weight is 706 g/mol. The van der Waals surface area contributed by atoms with Crippen LogP contribution in [0.3, 0.4) is 0 Å². The van der Waals surface area contributed by atoms with Crippen molar-refractivity contribution >= 4 is 51.5 Å². The Kier molecular flexibility index (Phi) is 11.1. The second kappa shape index (κ2) is 15.3. The van der Waals surface area contributed by atoms with Crippen LogP contribution in [0.25, 0.3) is 32.9 Å². The van der Waals surface area contributed by atoms with Crippen LogP contribution in [0.1, 0.15) is 58.1 Å². The second-order valence-corrected chi connectivity index (χ2v) is 13.7. The number of methoxy groups -OCH3 is 1. The van der Waals surface area contributed by atoms with Crippen molar-refractivity contribution in [1.29, 1.82) is 0 Å². The van der Waals surface area contributed by atoms with Gasteiger partial charge in [-0.15, -0.1) is 0 Å². The Hall–Kier alpha value is -5.34. The van der Waals surface area contributed by atoms with Crippen molar-refractivity contribution in [1.82, 2.24) is 34.7 Å². The molecule has 1 N–H and O–H groups in total. The maximum Gasteiger partial charge on any atom is 0.325 e. The van der Waals surface area contributed by atoms with Crippen LogP contribution in [0.4, 0.5) is 4.39 Å². The fraction of sp³-hybridized carbons (Fsp3) is 0.472. The van der Waals surface area contributed by atoms with E-state index >= 15 is 4.39 Å². The summed E-state index contributed by atoms with van der Waals surface area (Å²) < 4.78 is 28.9. The quantitative estimate of drug-likeness (QED) is 0.231. The molecule has 0 bridgehead atoms. The summed E-state index contributed by atoms with van der Waals surface area (Å²) in [6.45, 7) is 5.40. The molecule has 51 heavy (non-hydrogen) atoms. The van der Waals surface area contributed by atoms with Gasteiger partial charge in [-0.25, -0.2) is 4.39 Å². The van der Waals surface area contributed by atoms with Gasteiger partial charge in [-0.1, -0.05) is 12.1 Å². The molecule has 0 saturated carbocycles. The number of likely N-dealkylation sites (tertiary alicyclic amines) is 1. The van der Waals surface area contributed by atoms with Crippen LogP contribution in [-0.4, -0.2) is 105 Å². The van der Waals surface area contributed by atoms with Crippen LogP contribution < -0.4 is 5.32 Å². The lowest BCUT2D eigenvalue weighted by Crippen LogP contribution is -2.41. The van der Waals surface area contributed by atoms with Gasteiger partial charge in [-0.05, 0) is 57.4 Å². The number of ether oxygens (including phenoxy) is 2. The van der Waals surface area contributed by atoms with E-state index in [9.17, 15) is 24.0 Å². The molecule has 0 spiro atoms. The minimum atomic E-state index is -0.629. The summed E-state index contributed by atoms with van der Waals surface area (Å²) in [5, 5.41) is 13.0. The van der Waals surface area contributed by atoms with E-state index in [0.29, 0.717) is 59.0 Å². The summed E-state index contributed by atoms with van der Waals surface area (Å²) in [4.78, 5) is 65.3. The van der Waals surface area contributed by atoms with Crippen LogP contribution in [0, 0.1) is 5.82 Å². The molecule has 14 nitrogen and oxygen atoms in total. The monoisotopic (exact) mass is 705 g/mol. The SMILES string of the molecule is COC(=O)CNC(=O)CN(C)C(=O)Cn1nc(C2CCN(C(=O)CCC(=O)OC(C)(C)C)CC2)c2c(-c3cc4c(cnn4C)cc3F)cccc21. The standard InChI is InChI=1S/C36H44FN7O7/c1-36(2,3)51-32(48)11-10-30(46)43-14-12-22(13-15-43)35-34-24(25-17-28-23(16-26(25)37)18-39-42(28)5)8-7-9-27(34)44(40-35)21-31(47)41(4)20-29(45)38-19-33(49)50-6/h7-9,16-18,22H,10-15,19-21H2,1-6H3,(H,38,45). The Labute approximate surface area is 294 Å². The number of fused-ring (bicyclic) bond motifs is 2. The highest BCUT2D eigenvalue weighted by Gasteiger charge is 2.30. The highest BCUT2D eigenvalue weighted by atomic mass is 19.1. The fourth-order valence-corrected chi connectivity index (χ4v) is 6.28. The molecule has 5 rings (SSSR count). The first-order valence-electron chi connectivity index (χ1n) is 16.8. The number of aromatic nitrogens is 4. The second-order valence-electron chi connectivity index (χ2n) is 13.7. The molecule has 1 fully saturated rings. The fourth-order valence-electron chi connectivity index (χ4n) is 6.28. The van der Waals surface area contributed by atoms with Crippen molar-refractivity contribution in [3.05, 3.63) is 48.0 Å². The van der Waals surface area contributed by atoms with E-state index in [1.165, 1.54) is 25.1 Å². The lowest BCUT2D eigenvalue weighted by molar-refractivity contribution is -0.156. The van der Waals surface area contributed by atoms with Gasteiger partial charge in [0.25, 0.3) is 0 Å². The number of nitrogens with zero attached hydrogens (tertiary/aromatic N) is 6. The smallest absolute Gasteiger partial charge is 0.325 e. The minimum Gasteiger partial charge on any atom is -0.468 e.